The Labute approximate surface area is 131 Å². The van der Waals surface area contributed by atoms with Gasteiger partial charge in [0.2, 0.25) is 0 Å². The highest BCUT2D eigenvalue weighted by Crippen LogP contribution is 2.31. The van der Waals surface area contributed by atoms with Gasteiger partial charge in [0, 0.05) is 10.9 Å². The number of nitriles is 1. The lowest BCUT2D eigenvalue weighted by molar-refractivity contribution is -0.141. The molecule has 114 valence electrons. The zero-order valence-corrected chi connectivity index (χ0v) is 13.9. The second-order valence-corrected chi connectivity index (χ2v) is 6.03. The Kier molecular flexibility index (Phi) is 7.10. The summed E-state index contributed by atoms with van der Waals surface area (Å²) in [5.41, 5.74) is 1.42. The molecule has 0 N–H and O–H groups in total. The van der Waals surface area contributed by atoms with Crippen LogP contribution in [0.2, 0.25) is 0 Å². The molecule has 1 aromatic rings. The van der Waals surface area contributed by atoms with Gasteiger partial charge in [-0.3, -0.25) is 4.79 Å². The number of carbonyl (C=O) groups excluding carboxylic acids is 1. The third kappa shape index (κ3) is 4.68. The van der Waals surface area contributed by atoms with E-state index in [1.165, 1.54) is 0 Å². The van der Waals surface area contributed by atoms with E-state index >= 15 is 0 Å². The molecule has 4 nitrogen and oxygen atoms in total. The lowest BCUT2D eigenvalue weighted by Gasteiger charge is -2.29. The molecule has 0 saturated carbocycles. The van der Waals surface area contributed by atoms with E-state index in [4.69, 9.17) is 4.74 Å². The van der Waals surface area contributed by atoms with E-state index in [9.17, 15) is 10.1 Å². The van der Waals surface area contributed by atoms with Crippen molar-refractivity contribution in [2.24, 2.45) is 0 Å². The standard InChI is InChI=1S/C16H22N2O2S/c1-5-20-16(19)11-18(12(3)4)14-8-7-9-15(21-6-2)13(14)10-17/h7-9,12H,5-6,11H2,1-4H3. The summed E-state index contributed by atoms with van der Waals surface area (Å²) < 4.78 is 5.03. The Hall–Kier alpha value is -1.67. The van der Waals surface area contributed by atoms with Gasteiger partial charge < -0.3 is 9.64 Å². The summed E-state index contributed by atoms with van der Waals surface area (Å²) >= 11 is 1.63. The van der Waals surface area contributed by atoms with Crippen LogP contribution < -0.4 is 4.90 Å². The summed E-state index contributed by atoms with van der Waals surface area (Å²) in [5.74, 6) is 0.626. The highest BCUT2D eigenvalue weighted by atomic mass is 32.2. The molecular formula is C16H22N2O2S. The first-order chi connectivity index (χ1) is 10.0. The van der Waals surface area contributed by atoms with Gasteiger partial charge >= 0.3 is 5.97 Å². The van der Waals surface area contributed by atoms with Crippen LogP contribution in [0.5, 0.6) is 0 Å². The normalized spacial score (nSPS) is 10.3. The zero-order valence-electron chi connectivity index (χ0n) is 13.0. The van der Waals surface area contributed by atoms with E-state index in [1.54, 1.807) is 18.7 Å². The maximum atomic E-state index is 11.8. The molecule has 0 bridgehead atoms. The molecular weight excluding hydrogens is 284 g/mol. The maximum Gasteiger partial charge on any atom is 0.325 e. The molecule has 0 aliphatic heterocycles. The molecule has 0 aliphatic carbocycles. The van der Waals surface area contributed by atoms with E-state index in [0.29, 0.717) is 12.2 Å². The molecule has 0 unspecified atom stereocenters. The predicted octanol–water partition coefficient (Wildman–Crippen LogP) is 3.45. The van der Waals surface area contributed by atoms with Gasteiger partial charge in [-0.2, -0.15) is 5.26 Å². The highest BCUT2D eigenvalue weighted by molar-refractivity contribution is 7.99. The number of ether oxygens (including phenoxy) is 1. The molecule has 0 spiro atoms. The molecule has 0 fully saturated rings. The molecule has 1 aromatic carbocycles. The summed E-state index contributed by atoms with van der Waals surface area (Å²) in [6.45, 7) is 8.36. The van der Waals surface area contributed by atoms with Crippen molar-refractivity contribution < 1.29 is 9.53 Å². The van der Waals surface area contributed by atoms with Crippen LogP contribution in [0.4, 0.5) is 5.69 Å². The summed E-state index contributed by atoms with van der Waals surface area (Å²) in [5, 5.41) is 9.49. The summed E-state index contributed by atoms with van der Waals surface area (Å²) in [6.07, 6.45) is 0. The van der Waals surface area contributed by atoms with Crippen molar-refractivity contribution in [3.05, 3.63) is 23.8 Å². The monoisotopic (exact) mass is 306 g/mol. The van der Waals surface area contributed by atoms with Gasteiger partial charge in [0.05, 0.1) is 17.9 Å². The minimum absolute atomic E-state index is 0.100. The van der Waals surface area contributed by atoms with Crippen molar-refractivity contribution in [2.45, 2.75) is 38.6 Å². The van der Waals surface area contributed by atoms with Crippen LogP contribution in [-0.2, 0) is 9.53 Å². The fourth-order valence-corrected chi connectivity index (χ4v) is 2.82. The number of nitrogens with zero attached hydrogens (tertiary/aromatic N) is 2. The molecule has 0 heterocycles. The van der Waals surface area contributed by atoms with E-state index in [1.807, 2.05) is 36.9 Å². The first-order valence-corrected chi connectivity index (χ1v) is 8.11. The highest BCUT2D eigenvalue weighted by Gasteiger charge is 2.20. The lowest BCUT2D eigenvalue weighted by atomic mass is 10.1. The van der Waals surface area contributed by atoms with E-state index < -0.39 is 0 Å². The van der Waals surface area contributed by atoms with Crippen LogP contribution in [0.3, 0.4) is 0 Å². The number of benzene rings is 1. The molecule has 5 heteroatoms. The van der Waals surface area contributed by atoms with Crippen molar-refractivity contribution >= 4 is 23.4 Å². The van der Waals surface area contributed by atoms with E-state index in [2.05, 4.69) is 13.0 Å². The quantitative estimate of drug-likeness (QED) is 0.570. The second-order valence-electron chi connectivity index (χ2n) is 4.72. The minimum Gasteiger partial charge on any atom is -0.465 e. The molecule has 0 aliphatic rings. The summed E-state index contributed by atoms with van der Waals surface area (Å²) in [7, 11) is 0. The first kappa shape index (κ1) is 17.4. The molecule has 0 saturated heterocycles. The molecule has 0 atom stereocenters. The molecule has 0 aromatic heterocycles. The maximum absolute atomic E-state index is 11.8. The fraction of sp³-hybridized carbons (Fsp3) is 0.500. The number of hydrogen-bond acceptors (Lipinski definition) is 5. The van der Waals surface area contributed by atoms with Crippen LogP contribution in [0.1, 0.15) is 33.3 Å². The second kappa shape index (κ2) is 8.58. The average molecular weight is 306 g/mol. The lowest BCUT2D eigenvalue weighted by Crippen LogP contribution is -2.37. The van der Waals surface area contributed by atoms with Gasteiger partial charge in [-0.25, -0.2) is 0 Å². The Morgan fingerprint density at radius 2 is 2.14 bits per heavy atom. The average Bonchev–Trinajstić information content (AvgIpc) is 2.45. The Balaban J connectivity index is 3.16. The van der Waals surface area contributed by atoms with Gasteiger partial charge in [0.25, 0.3) is 0 Å². The number of rotatable bonds is 7. The van der Waals surface area contributed by atoms with Gasteiger partial charge in [-0.1, -0.05) is 13.0 Å². The van der Waals surface area contributed by atoms with Crippen molar-refractivity contribution in [3.8, 4) is 6.07 Å². The van der Waals surface area contributed by atoms with Crippen LogP contribution in [0, 0.1) is 11.3 Å². The van der Waals surface area contributed by atoms with Gasteiger partial charge in [-0.15, -0.1) is 11.8 Å². The van der Waals surface area contributed by atoms with Gasteiger partial charge in [0.15, 0.2) is 0 Å². The number of hydrogen-bond donors (Lipinski definition) is 0. The van der Waals surface area contributed by atoms with Crippen molar-refractivity contribution in [1.82, 2.24) is 0 Å². The van der Waals surface area contributed by atoms with Gasteiger partial charge in [-0.05, 0) is 38.7 Å². The molecule has 0 radical (unpaired) electrons. The molecule has 0 amide bonds. The number of thioether (sulfide) groups is 1. The number of carbonyl (C=O) groups is 1. The van der Waals surface area contributed by atoms with Crippen LogP contribution in [-0.4, -0.2) is 30.9 Å². The predicted molar refractivity (Wildman–Crippen MR) is 86.7 cm³/mol. The van der Waals surface area contributed by atoms with Crippen LogP contribution in [0.25, 0.3) is 0 Å². The number of esters is 1. The number of anilines is 1. The summed E-state index contributed by atoms with van der Waals surface area (Å²) in [6, 6.07) is 8.13. The topological polar surface area (TPSA) is 53.3 Å². The summed E-state index contributed by atoms with van der Waals surface area (Å²) in [4.78, 5) is 14.7. The van der Waals surface area contributed by atoms with Crippen LogP contribution in [0.15, 0.2) is 23.1 Å². The third-order valence-corrected chi connectivity index (χ3v) is 3.89. The Morgan fingerprint density at radius 1 is 1.43 bits per heavy atom. The van der Waals surface area contributed by atoms with Crippen LogP contribution >= 0.6 is 11.8 Å². The van der Waals surface area contributed by atoms with E-state index in [0.717, 1.165) is 16.3 Å². The zero-order chi connectivity index (χ0) is 15.8. The Bertz CT molecular complexity index is 523. The first-order valence-electron chi connectivity index (χ1n) is 7.13. The van der Waals surface area contributed by atoms with Crippen molar-refractivity contribution in [2.75, 3.05) is 23.8 Å². The SMILES string of the molecule is CCOC(=O)CN(c1cccc(SCC)c1C#N)C(C)C. The van der Waals surface area contributed by atoms with Crippen molar-refractivity contribution in [1.29, 1.82) is 5.26 Å². The molecule has 1 rings (SSSR count). The molecule has 21 heavy (non-hydrogen) atoms. The fourth-order valence-electron chi connectivity index (χ4n) is 2.04. The van der Waals surface area contributed by atoms with Crippen molar-refractivity contribution in [3.63, 3.8) is 0 Å². The minimum atomic E-state index is -0.274. The largest absolute Gasteiger partial charge is 0.465 e. The smallest absolute Gasteiger partial charge is 0.325 e. The van der Waals surface area contributed by atoms with Gasteiger partial charge in [0.1, 0.15) is 12.6 Å². The van der Waals surface area contributed by atoms with E-state index in [-0.39, 0.29) is 18.6 Å². The Morgan fingerprint density at radius 3 is 2.67 bits per heavy atom. The third-order valence-electron chi connectivity index (χ3n) is 2.95.